The number of oxazole rings is 1. The summed E-state index contributed by atoms with van der Waals surface area (Å²) in [6.07, 6.45) is 0.399. The van der Waals surface area contributed by atoms with E-state index in [-0.39, 0.29) is 24.6 Å². The van der Waals surface area contributed by atoms with E-state index in [1.165, 1.54) is 16.7 Å². The highest BCUT2D eigenvalue weighted by Crippen LogP contribution is 2.27. The summed E-state index contributed by atoms with van der Waals surface area (Å²) < 4.78 is 36.8. The van der Waals surface area contributed by atoms with Crippen molar-refractivity contribution in [1.29, 1.82) is 0 Å². The van der Waals surface area contributed by atoms with E-state index in [2.05, 4.69) is 10.1 Å². The number of alkyl halides is 2. The quantitative estimate of drug-likeness (QED) is 0.428. The third-order valence-electron chi connectivity index (χ3n) is 4.93. The molecule has 1 aromatic heterocycles. The van der Waals surface area contributed by atoms with Gasteiger partial charge in [-0.2, -0.15) is 8.78 Å². The molecular formula is C24H20F2N2O4. The molecule has 8 heteroatoms. The molecule has 0 unspecified atom stereocenters. The predicted octanol–water partition coefficient (Wildman–Crippen LogP) is 4.82. The van der Waals surface area contributed by atoms with E-state index in [0.717, 1.165) is 5.56 Å². The summed E-state index contributed by atoms with van der Waals surface area (Å²) in [5, 5.41) is 2.75. The first-order valence-corrected chi connectivity index (χ1v) is 9.99. The van der Waals surface area contributed by atoms with E-state index in [1.807, 2.05) is 30.3 Å². The molecule has 0 aliphatic carbocycles. The van der Waals surface area contributed by atoms with Crippen LogP contribution in [-0.4, -0.2) is 17.1 Å². The third-order valence-corrected chi connectivity index (χ3v) is 4.93. The van der Waals surface area contributed by atoms with Crippen LogP contribution in [0.25, 0.3) is 11.1 Å². The van der Waals surface area contributed by atoms with Gasteiger partial charge in [-0.3, -0.25) is 9.36 Å². The van der Waals surface area contributed by atoms with E-state index >= 15 is 0 Å². The lowest BCUT2D eigenvalue weighted by Crippen LogP contribution is -2.20. The van der Waals surface area contributed by atoms with Crippen LogP contribution in [0.2, 0.25) is 0 Å². The highest BCUT2D eigenvalue weighted by molar-refractivity contribution is 5.91. The molecule has 0 atom stereocenters. The van der Waals surface area contributed by atoms with Gasteiger partial charge in [0.25, 0.3) is 0 Å². The standard InChI is InChI=1S/C24H20F2N2O4/c25-23(26)31-20-11-10-18(15-17(20)14-16-6-2-1-3-7-16)27-22(29)12-13-28-19-8-4-5-9-21(19)32-24(28)30/h1-11,15,23H,12-14H2,(H,27,29). The molecule has 1 heterocycles. The highest BCUT2D eigenvalue weighted by atomic mass is 19.3. The third kappa shape index (κ3) is 5.03. The Kier molecular flexibility index (Phi) is 6.30. The lowest BCUT2D eigenvalue weighted by molar-refractivity contribution is -0.116. The number of nitrogens with one attached hydrogen (secondary N) is 1. The number of aryl methyl sites for hydroxylation is 1. The SMILES string of the molecule is O=C(CCn1c(=O)oc2ccccc21)Nc1ccc(OC(F)F)c(Cc2ccccc2)c1. The molecule has 3 aromatic carbocycles. The fourth-order valence-electron chi connectivity index (χ4n) is 3.48. The zero-order valence-electron chi connectivity index (χ0n) is 17.0. The zero-order valence-corrected chi connectivity index (χ0v) is 17.0. The van der Waals surface area contributed by atoms with Crippen LogP contribution in [0.5, 0.6) is 5.75 Å². The summed E-state index contributed by atoms with van der Waals surface area (Å²) in [7, 11) is 0. The molecular weight excluding hydrogens is 418 g/mol. The van der Waals surface area contributed by atoms with E-state index in [1.54, 1.807) is 30.3 Å². The number of hydrogen-bond acceptors (Lipinski definition) is 4. The van der Waals surface area contributed by atoms with Crippen molar-refractivity contribution >= 4 is 22.7 Å². The summed E-state index contributed by atoms with van der Waals surface area (Å²) in [5.41, 5.74) is 2.96. The number of rotatable bonds is 8. The first-order valence-electron chi connectivity index (χ1n) is 9.99. The number of hydrogen-bond donors (Lipinski definition) is 1. The molecule has 0 saturated heterocycles. The van der Waals surface area contributed by atoms with Crippen molar-refractivity contribution in [2.45, 2.75) is 26.0 Å². The molecule has 4 rings (SSSR count). The second-order valence-electron chi connectivity index (χ2n) is 7.15. The number of halogens is 2. The summed E-state index contributed by atoms with van der Waals surface area (Å²) >= 11 is 0. The van der Waals surface area contributed by atoms with Gasteiger partial charge in [0, 0.05) is 30.6 Å². The topological polar surface area (TPSA) is 73.5 Å². The van der Waals surface area contributed by atoms with E-state index in [9.17, 15) is 18.4 Å². The Hall–Kier alpha value is -3.94. The van der Waals surface area contributed by atoms with Gasteiger partial charge in [-0.25, -0.2) is 4.79 Å². The van der Waals surface area contributed by atoms with Gasteiger partial charge in [-0.05, 0) is 35.9 Å². The maximum atomic E-state index is 12.8. The minimum absolute atomic E-state index is 0.0345. The largest absolute Gasteiger partial charge is 0.435 e. The van der Waals surface area contributed by atoms with Crippen molar-refractivity contribution in [3.8, 4) is 5.75 Å². The molecule has 0 radical (unpaired) electrons. The zero-order chi connectivity index (χ0) is 22.5. The number of ether oxygens (including phenoxy) is 1. The molecule has 0 aliphatic heterocycles. The van der Waals surface area contributed by atoms with Crippen LogP contribution in [0, 0.1) is 0 Å². The second-order valence-corrected chi connectivity index (χ2v) is 7.15. The Morgan fingerprint density at radius 1 is 1.03 bits per heavy atom. The van der Waals surface area contributed by atoms with E-state index in [4.69, 9.17) is 4.42 Å². The number of benzene rings is 3. The summed E-state index contributed by atoms with van der Waals surface area (Å²) in [6.45, 7) is -2.81. The van der Waals surface area contributed by atoms with Gasteiger partial charge >= 0.3 is 12.4 Å². The smallest absolute Gasteiger partial charge is 0.419 e. The molecule has 1 amide bonds. The molecule has 6 nitrogen and oxygen atoms in total. The van der Waals surface area contributed by atoms with Crippen molar-refractivity contribution in [2.24, 2.45) is 0 Å². The molecule has 4 aromatic rings. The number of fused-ring (bicyclic) bond motifs is 1. The van der Waals surface area contributed by atoms with Crippen LogP contribution in [0.3, 0.4) is 0 Å². The molecule has 32 heavy (non-hydrogen) atoms. The van der Waals surface area contributed by atoms with Gasteiger partial charge in [0.2, 0.25) is 5.91 Å². The predicted molar refractivity (Wildman–Crippen MR) is 116 cm³/mol. The van der Waals surface area contributed by atoms with Gasteiger partial charge in [0.1, 0.15) is 5.75 Å². The minimum Gasteiger partial charge on any atom is -0.435 e. The maximum Gasteiger partial charge on any atom is 0.419 e. The molecule has 164 valence electrons. The Labute approximate surface area is 182 Å². The van der Waals surface area contributed by atoms with E-state index < -0.39 is 12.4 Å². The lowest BCUT2D eigenvalue weighted by Gasteiger charge is -2.13. The van der Waals surface area contributed by atoms with Crippen LogP contribution in [0.4, 0.5) is 14.5 Å². The highest BCUT2D eigenvalue weighted by Gasteiger charge is 2.14. The Morgan fingerprint density at radius 3 is 2.56 bits per heavy atom. The first-order chi connectivity index (χ1) is 15.5. The van der Waals surface area contributed by atoms with Crippen LogP contribution in [0.15, 0.2) is 82.0 Å². The Bertz CT molecular complexity index is 1280. The first kappa shape index (κ1) is 21.3. The number of carbonyl (C=O) groups is 1. The molecule has 0 fully saturated rings. The molecule has 0 spiro atoms. The summed E-state index contributed by atoms with van der Waals surface area (Å²) in [5.74, 6) is -0.800. The Morgan fingerprint density at radius 2 is 1.78 bits per heavy atom. The number of nitrogens with zero attached hydrogens (tertiary/aromatic N) is 1. The van der Waals surface area contributed by atoms with Crippen molar-refractivity contribution < 1.29 is 22.7 Å². The molecule has 1 N–H and O–H groups in total. The normalized spacial score (nSPS) is 11.1. The number of carbonyl (C=O) groups excluding carboxylic acids is 1. The lowest BCUT2D eigenvalue weighted by atomic mass is 10.0. The average molecular weight is 438 g/mol. The van der Waals surface area contributed by atoms with E-state index in [0.29, 0.717) is 28.8 Å². The number of para-hydroxylation sites is 2. The molecule has 0 saturated carbocycles. The van der Waals surface area contributed by atoms with Gasteiger partial charge in [0.15, 0.2) is 5.58 Å². The van der Waals surface area contributed by atoms with Crippen molar-refractivity contribution in [3.63, 3.8) is 0 Å². The van der Waals surface area contributed by atoms with Crippen molar-refractivity contribution in [3.05, 3.63) is 94.5 Å². The fraction of sp³-hybridized carbons (Fsp3) is 0.167. The van der Waals surface area contributed by atoms with Gasteiger partial charge < -0.3 is 14.5 Å². The summed E-state index contributed by atoms with van der Waals surface area (Å²) in [6, 6.07) is 20.8. The number of anilines is 1. The van der Waals surface area contributed by atoms with Gasteiger partial charge in [-0.15, -0.1) is 0 Å². The monoisotopic (exact) mass is 438 g/mol. The van der Waals surface area contributed by atoms with Crippen LogP contribution >= 0.6 is 0 Å². The average Bonchev–Trinajstić information content (AvgIpc) is 3.09. The second kappa shape index (κ2) is 9.47. The number of amides is 1. The summed E-state index contributed by atoms with van der Waals surface area (Å²) in [4.78, 5) is 24.5. The Balaban J connectivity index is 1.48. The maximum absolute atomic E-state index is 12.8. The number of aromatic nitrogens is 1. The molecule has 0 aliphatic rings. The van der Waals surface area contributed by atoms with Crippen molar-refractivity contribution in [2.75, 3.05) is 5.32 Å². The van der Waals surface area contributed by atoms with Gasteiger partial charge in [0.05, 0.1) is 5.52 Å². The van der Waals surface area contributed by atoms with Crippen LogP contribution in [0.1, 0.15) is 17.5 Å². The van der Waals surface area contributed by atoms with Crippen LogP contribution < -0.4 is 15.8 Å². The van der Waals surface area contributed by atoms with Crippen molar-refractivity contribution in [1.82, 2.24) is 4.57 Å². The van der Waals surface area contributed by atoms with Crippen LogP contribution in [-0.2, 0) is 17.8 Å². The molecule has 0 bridgehead atoms. The van der Waals surface area contributed by atoms with Gasteiger partial charge in [-0.1, -0.05) is 42.5 Å². The minimum atomic E-state index is -2.95. The fourth-order valence-corrected chi connectivity index (χ4v) is 3.48.